The Bertz CT molecular complexity index is 1020. The van der Waals surface area contributed by atoms with Crippen LogP contribution >= 0.6 is 0 Å². The molecule has 164 valence electrons. The number of fused-ring (bicyclic) bond motifs is 1. The zero-order valence-electron chi connectivity index (χ0n) is 19.4. The molecule has 0 saturated heterocycles. The van der Waals surface area contributed by atoms with Gasteiger partial charge in [-0.05, 0) is 100 Å². The zero-order chi connectivity index (χ0) is 22.4. The lowest BCUT2D eigenvalue weighted by atomic mass is 9.73. The van der Waals surface area contributed by atoms with Gasteiger partial charge >= 0.3 is 0 Å². The van der Waals surface area contributed by atoms with Crippen LogP contribution in [0.25, 0.3) is 10.9 Å². The number of hydrogen-bond donors (Lipinski definition) is 0. The highest BCUT2D eigenvalue weighted by Crippen LogP contribution is 2.42. The zero-order valence-corrected chi connectivity index (χ0v) is 19.4. The normalized spacial score (nSPS) is 22.3. The monoisotopic (exact) mass is 419 g/mol. The Kier molecular flexibility index (Phi) is 7.89. The van der Waals surface area contributed by atoms with Crippen LogP contribution in [0, 0.1) is 17.7 Å². The first kappa shape index (κ1) is 23.1. The molecule has 31 heavy (non-hydrogen) atoms. The van der Waals surface area contributed by atoms with Gasteiger partial charge in [0.15, 0.2) is 0 Å². The standard InChI is InChI=1S/C27H34FN3/c1-6-26(31-19(3)8-7-18(2)29-5)20(4)21-9-11-22(12-10-21)24-15-16-30-27-14-13-23(28)17-25(24)27/h6-8,13-17,20-22H,9-12H2,1-5H3/b8-7-,26-6-,29-18?,31-19-. The summed E-state index contributed by atoms with van der Waals surface area (Å²) in [5.41, 5.74) is 5.28. The Morgan fingerprint density at radius 1 is 1.10 bits per heavy atom. The molecule has 0 radical (unpaired) electrons. The van der Waals surface area contributed by atoms with E-state index in [9.17, 15) is 4.39 Å². The molecule has 1 saturated carbocycles. The van der Waals surface area contributed by atoms with E-state index < -0.39 is 0 Å². The highest BCUT2D eigenvalue weighted by molar-refractivity contribution is 6.01. The number of pyridine rings is 1. The molecule has 1 atom stereocenters. The van der Waals surface area contributed by atoms with Crippen molar-refractivity contribution in [1.29, 1.82) is 0 Å². The van der Waals surface area contributed by atoms with Crippen LogP contribution in [0.5, 0.6) is 0 Å². The second kappa shape index (κ2) is 10.6. The maximum atomic E-state index is 13.8. The Morgan fingerprint density at radius 3 is 2.48 bits per heavy atom. The van der Waals surface area contributed by atoms with Crippen LogP contribution in [0.3, 0.4) is 0 Å². The van der Waals surface area contributed by atoms with Gasteiger partial charge < -0.3 is 0 Å². The molecule has 0 bridgehead atoms. The third-order valence-electron chi connectivity index (χ3n) is 6.64. The van der Waals surface area contributed by atoms with E-state index in [-0.39, 0.29) is 5.82 Å². The third kappa shape index (κ3) is 5.75. The molecule has 1 aromatic heterocycles. The van der Waals surface area contributed by atoms with Crippen molar-refractivity contribution in [3.8, 4) is 0 Å². The van der Waals surface area contributed by atoms with E-state index >= 15 is 0 Å². The van der Waals surface area contributed by atoms with E-state index in [1.807, 2.05) is 32.2 Å². The minimum absolute atomic E-state index is 0.190. The summed E-state index contributed by atoms with van der Waals surface area (Å²) in [5.74, 6) is 1.31. The van der Waals surface area contributed by atoms with Gasteiger partial charge in [0.1, 0.15) is 5.82 Å². The van der Waals surface area contributed by atoms with E-state index in [1.165, 1.54) is 11.6 Å². The second-order valence-electron chi connectivity index (χ2n) is 8.63. The van der Waals surface area contributed by atoms with Crippen LogP contribution in [0.4, 0.5) is 4.39 Å². The number of nitrogens with zero attached hydrogens (tertiary/aromatic N) is 3. The van der Waals surface area contributed by atoms with Crippen molar-refractivity contribution >= 4 is 22.3 Å². The van der Waals surface area contributed by atoms with Crippen molar-refractivity contribution < 1.29 is 4.39 Å². The summed E-state index contributed by atoms with van der Waals surface area (Å²) in [4.78, 5) is 13.5. The first-order chi connectivity index (χ1) is 14.9. The molecule has 1 fully saturated rings. The fourth-order valence-corrected chi connectivity index (χ4v) is 4.65. The first-order valence-electron chi connectivity index (χ1n) is 11.3. The van der Waals surface area contributed by atoms with Crippen LogP contribution in [-0.2, 0) is 0 Å². The average molecular weight is 420 g/mol. The minimum atomic E-state index is -0.190. The van der Waals surface area contributed by atoms with Gasteiger partial charge in [0.25, 0.3) is 0 Å². The van der Waals surface area contributed by atoms with Crippen molar-refractivity contribution in [1.82, 2.24) is 4.98 Å². The third-order valence-corrected chi connectivity index (χ3v) is 6.64. The quantitative estimate of drug-likeness (QED) is 0.453. The number of benzene rings is 1. The van der Waals surface area contributed by atoms with Gasteiger partial charge in [-0.25, -0.2) is 4.39 Å². The van der Waals surface area contributed by atoms with Crippen molar-refractivity contribution in [2.75, 3.05) is 7.05 Å². The predicted octanol–water partition coefficient (Wildman–Crippen LogP) is 7.30. The number of aliphatic imine (C=N–C) groups is 2. The Balaban J connectivity index is 1.69. The smallest absolute Gasteiger partial charge is 0.123 e. The van der Waals surface area contributed by atoms with Gasteiger partial charge in [0, 0.05) is 41.7 Å². The summed E-state index contributed by atoms with van der Waals surface area (Å²) < 4.78 is 13.8. The lowest BCUT2D eigenvalue weighted by molar-refractivity contribution is 0.268. The molecule has 1 aliphatic rings. The van der Waals surface area contributed by atoms with Gasteiger partial charge in [-0.1, -0.05) is 13.0 Å². The molecule has 1 aliphatic carbocycles. The number of rotatable bonds is 6. The van der Waals surface area contributed by atoms with Crippen LogP contribution in [0.15, 0.2) is 64.4 Å². The molecule has 2 aromatic rings. The van der Waals surface area contributed by atoms with Gasteiger partial charge in [0.05, 0.1) is 5.52 Å². The van der Waals surface area contributed by atoms with Gasteiger partial charge in [-0.2, -0.15) is 0 Å². The number of aromatic nitrogens is 1. The van der Waals surface area contributed by atoms with Crippen molar-refractivity contribution in [3.63, 3.8) is 0 Å². The minimum Gasteiger partial charge on any atom is -0.293 e. The van der Waals surface area contributed by atoms with E-state index in [0.717, 1.165) is 53.7 Å². The molecule has 0 amide bonds. The Morgan fingerprint density at radius 2 is 1.81 bits per heavy atom. The van der Waals surface area contributed by atoms with Gasteiger partial charge in [0.2, 0.25) is 0 Å². The first-order valence-corrected chi connectivity index (χ1v) is 11.3. The second-order valence-corrected chi connectivity index (χ2v) is 8.63. The summed E-state index contributed by atoms with van der Waals surface area (Å²) in [5, 5.41) is 0.964. The summed E-state index contributed by atoms with van der Waals surface area (Å²) >= 11 is 0. The van der Waals surface area contributed by atoms with E-state index in [4.69, 9.17) is 4.99 Å². The molecule has 1 unspecified atom stereocenters. The Hall–Kier alpha value is -2.62. The molecule has 0 aliphatic heterocycles. The van der Waals surface area contributed by atoms with Crippen molar-refractivity contribution in [2.45, 2.75) is 59.3 Å². The summed E-state index contributed by atoms with van der Waals surface area (Å²) in [6.45, 7) is 8.41. The molecule has 3 rings (SSSR count). The molecule has 1 aromatic carbocycles. The number of halogens is 1. The fraction of sp³-hybridized carbons (Fsp3) is 0.444. The maximum Gasteiger partial charge on any atom is 0.123 e. The molecular formula is C27H34FN3. The summed E-state index contributed by atoms with van der Waals surface area (Å²) in [6, 6.07) is 6.99. The fourth-order valence-electron chi connectivity index (χ4n) is 4.65. The van der Waals surface area contributed by atoms with Crippen LogP contribution in [-0.4, -0.2) is 23.5 Å². The molecule has 0 spiro atoms. The molecule has 0 N–H and O–H groups in total. The van der Waals surface area contributed by atoms with E-state index in [1.54, 1.807) is 19.2 Å². The van der Waals surface area contributed by atoms with Crippen LogP contribution in [0.2, 0.25) is 0 Å². The predicted molar refractivity (Wildman–Crippen MR) is 131 cm³/mol. The van der Waals surface area contributed by atoms with Crippen LogP contribution < -0.4 is 0 Å². The lowest BCUT2D eigenvalue weighted by Crippen LogP contribution is -2.20. The van der Waals surface area contributed by atoms with Crippen LogP contribution in [0.1, 0.15) is 64.9 Å². The van der Waals surface area contributed by atoms with Crippen molar-refractivity contribution in [3.05, 3.63) is 65.8 Å². The highest BCUT2D eigenvalue weighted by Gasteiger charge is 2.28. The highest BCUT2D eigenvalue weighted by atomic mass is 19.1. The number of allylic oxidation sites excluding steroid dienone is 4. The molecule has 3 nitrogen and oxygen atoms in total. The van der Waals surface area contributed by atoms with Gasteiger partial charge in [-0.15, -0.1) is 0 Å². The van der Waals surface area contributed by atoms with E-state index in [0.29, 0.717) is 17.8 Å². The largest absolute Gasteiger partial charge is 0.293 e. The summed E-state index contributed by atoms with van der Waals surface area (Å²) in [6.07, 6.45) is 12.6. The summed E-state index contributed by atoms with van der Waals surface area (Å²) in [7, 11) is 1.80. The van der Waals surface area contributed by atoms with Crippen molar-refractivity contribution in [2.24, 2.45) is 21.8 Å². The molecule has 1 heterocycles. The Labute approximate surface area is 185 Å². The molecular weight excluding hydrogens is 385 g/mol. The number of hydrogen-bond acceptors (Lipinski definition) is 3. The maximum absolute atomic E-state index is 13.8. The molecule has 4 heteroatoms. The van der Waals surface area contributed by atoms with E-state index in [2.05, 4.69) is 36.0 Å². The average Bonchev–Trinajstić information content (AvgIpc) is 2.80. The van der Waals surface area contributed by atoms with Gasteiger partial charge in [-0.3, -0.25) is 15.0 Å². The topological polar surface area (TPSA) is 37.6 Å². The lowest BCUT2D eigenvalue weighted by Gasteiger charge is -2.33. The SMILES string of the molecule is C\C=C(/N=C(C)\C=C/C(C)=NC)C(C)C1CCC(c2ccnc3ccc(F)cc23)CC1.